The number of benzene rings is 3. The number of azo groups is 1. The van der Waals surface area contributed by atoms with Crippen molar-refractivity contribution in [1.29, 1.82) is 0 Å². The van der Waals surface area contributed by atoms with Gasteiger partial charge in [0.2, 0.25) is 0 Å². The fourth-order valence-corrected chi connectivity index (χ4v) is 4.89. The fraction of sp³-hybridized carbons (Fsp3) is 0.241. The first-order chi connectivity index (χ1) is 18.9. The number of aryl methyl sites for hydroxylation is 2. The van der Waals surface area contributed by atoms with Crippen LogP contribution in [0.15, 0.2) is 70.9 Å². The molecule has 39 heavy (non-hydrogen) atoms. The van der Waals surface area contributed by atoms with Gasteiger partial charge in [0.1, 0.15) is 16.4 Å². The number of thiazole rings is 1. The Hall–Kier alpha value is -4.44. The lowest BCUT2D eigenvalue weighted by Crippen LogP contribution is -2.32. The highest BCUT2D eigenvalue weighted by Crippen LogP contribution is 2.34. The zero-order valence-electron chi connectivity index (χ0n) is 21.9. The molecule has 0 spiro atoms. The molecule has 0 atom stereocenters. The molecule has 2 heterocycles. The van der Waals surface area contributed by atoms with Crippen LogP contribution < -0.4 is 0 Å². The fourth-order valence-electron chi connectivity index (χ4n) is 3.85. The van der Waals surface area contributed by atoms with E-state index in [4.69, 9.17) is 9.82 Å². The summed E-state index contributed by atoms with van der Waals surface area (Å²) in [6.07, 6.45) is 0.311. The van der Waals surface area contributed by atoms with Gasteiger partial charge in [-0.25, -0.2) is 9.78 Å². The second-order valence-corrected chi connectivity index (χ2v) is 9.56. The average Bonchev–Trinajstić information content (AvgIpc) is 3.53. The molecule has 4 aromatic rings. The topological polar surface area (TPSA) is 122 Å². The van der Waals surface area contributed by atoms with Crippen molar-refractivity contribution in [2.24, 2.45) is 10.2 Å². The molecule has 0 bridgehead atoms. The third-order valence-corrected chi connectivity index (χ3v) is 7.11. The van der Waals surface area contributed by atoms with Gasteiger partial charge in [0.25, 0.3) is 11.8 Å². The molecular formula is C29H28N4O5S. The van der Waals surface area contributed by atoms with E-state index in [-0.39, 0.29) is 37.1 Å². The van der Waals surface area contributed by atoms with E-state index in [2.05, 4.69) is 23.2 Å². The first kappa shape index (κ1) is 27.6. The van der Waals surface area contributed by atoms with Crippen LogP contribution in [0.2, 0.25) is 0 Å². The van der Waals surface area contributed by atoms with Gasteiger partial charge in [-0.3, -0.25) is 9.59 Å². The van der Waals surface area contributed by atoms with E-state index in [1.165, 1.54) is 16.3 Å². The Morgan fingerprint density at radius 2 is 1.74 bits per heavy atom. The van der Waals surface area contributed by atoms with E-state index in [1.54, 1.807) is 23.5 Å². The smallest absolute Gasteiger partial charge is 0.333 e. The molecule has 1 aliphatic rings. The molecule has 0 saturated carbocycles. The van der Waals surface area contributed by atoms with Gasteiger partial charge in [-0.2, -0.15) is 5.11 Å². The SMILES string of the molecule is CC.Cc1cccc2nc(-c3ccc(N=Nc4cc(CCC(=O)ON5C(=O)CCC5=O)ccc4O)cc3)sc12. The molecule has 9 nitrogen and oxygen atoms in total. The molecule has 0 unspecified atom stereocenters. The third-order valence-electron chi connectivity index (χ3n) is 5.86. The van der Waals surface area contributed by atoms with Crippen molar-refractivity contribution >= 4 is 50.7 Å². The van der Waals surface area contributed by atoms with E-state index in [1.807, 2.05) is 50.2 Å². The van der Waals surface area contributed by atoms with E-state index in [0.717, 1.165) is 16.1 Å². The maximum Gasteiger partial charge on any atom is 0.333 e. The predicted molar refractivity (Wildman–Crippen MR) is 149 cm³/mol. The summed E-state index contributed by atoms with van der Waals surface area (Å²) < 4.78 is 1.17. The van der Waals surface area contributed by atoms with Crippen molar-refractivity contribution in [2.45, 2.75) is 46.5 Å². The number of fused-ring (bicyclic) bond motifs is 1. The summed E-state index contributed by atoms with van der Waals surface area (Å²) in [6.45, 7) is 6.07. The number of amides is 2. The molecule has 1 aliphatic heterocycles. The van der Waals surface area contributed by atoms with Crippen LogP contribution in [0, 0.1) is 6.92 Å². The van der Waals surface area contributed by atoms with Crippen LogP contribution in [-0.2, 0) is 25.6 Å². The number of phenolic OH excluding ortho intramolecular Hbond substituents is 1. The number of imide groups is 1. The number of aromatic hydroxyl groups is 1. The number of hydroxylamine groups is 2. The van der Waals surface area contributed by atoms with Gasteiger partial charge in [0.15, 0.2) is 0 Å². The standard InChI is InChI=1S/C27H22N4O5S.C2H6/c1-16-3-2-4-20-26(16)37-27(28-20)18-7-9-19(10-8-18)29-30-21-15-17(5-11-22(21)32)6-14-25(35)36-31-23(33)12-13-24(31)34;1-2/h2-5,7-11,15,32H,6,12-14H2,1H3;1-2H3. The van der Waals surface area contributed by atoms with Gasteiger partial charge in [-0.05, 0) is 66.9 Å². The third kappa shape index (κ3) is 6.53. The van der Waals surface area contributed by atoms with E-state index in [0.29, 0.717) is 16.3 Å². The Labute approximate surface area is 229 Å². The largest absolute Gasteiger partial charge is 0.506 e. The van der Waals surface area contributed by atoms with E-state index >= 15 is 0 Å². The molecule has 5 rings (SSSR count). The summed E-state index contributed by atoms with van der Waals surface area (Å²) in [4.78, 5) is 44.8. The van der Waals surface area contributed by atoms with Crippen LogP contribution >= 0.6 is 11.3 Å². The van der Waals surface area contributed by atoms with Gasteiger partial charge < -0.3 is 9.94 Å². The van der Waals surface area contributed by atoms with E-state index < -0.39 is 17.8 Å². The van der Waals surface area contributed by atoms with Crippen LogP contribution in [0.3, 0.4) is 0 Å². The molecule has 0 radical (unpaired) electrons. The summed E-state index contributed by atoms with van der Waals surface area (Å²) in [5, 5.41) is 20.0. The Kier molecular flexibility index (Phi) is 8.77. The quantitative estimate of drug-likeness (QED) is 0.198. The molecule has 1 N–H and O–H groups in total. The maximum absolute atomic E-state index is 12.1. The minimum Gasteiger partial charge on any atom is -0.506 e. The molecule has 200 valence electrons. The van der Waals surface area contributed by atoms with Crippen LogP contribution in [-0.4, -0.2) is 32.9 Å². The van der Waals surface area contributed by atoms with Gasteiger partial charge in [-0.15, -0.1) is 21.5 Å². The molecular weight excluding hydrogens is 516 g/mol. The summed E-state index contributed by atoms with van der Waals surface area (Å²) in [5.74, 6) is -1.78. The Balaban J connectivity index is 0.00000172. The van der Waals surface area contributed by atoms with Gasteiger partial charge in [0.05, 0.1) is 22.3 Å². The molecule has 0 aliphatic carbocycles. The number of carbonyl (C=O) groups excluding carboxylic acids is 3. The molecule has 1 saturated heterocycles. The minimum absolute atomic E-state index is 0.0445. The minimum atomic E-state index is -0.691. The van der Waals surface area contributed by atoms with Crippen LogP contribution in [0.4, 0.5) is 11.4 Å². The van der Waals surface area contributed by atoms with Gasteiger partial charge in [-0.1, -0.05) is 32.0 Å². The summed E-state index contributed by atoms with van der Waals surface area (Å²) in [6, 6.07) is 18.3. The second kappa shape index (κ2) is 12.4. The van der Waals surface area contributed by atoms with Crippen molar-refractivity contribution in [2.75, 3.05) is 0 Å². The van der Waals surface area contributed by atoms with Crippen molar-refractivity contribution in [3.8, 4) is 16.3 Å². The van der Waals surface area contributed by atoms with Gasteiger partial charge >= 0.3 is 5.97 Å². The number of aromatic nitrogens is 1. The average molecular weight is 545 g/mol. The highest BCUT2D eigenvalue weighted by molar-refractivity contribution is 7.21. The van der Waals surface area contributed by atoms with Crippen molar-refractivity contribution in [3.05, 3.63) is 71.8 Å². The Morgan fingerprint density at radius 3 is 2.44 bits per heavy atom. The highest BCUT2D eigenvalue weighted by atomic mass is 32.1. The number of hydrogen-bond donors (Lipinski definition) is 1. The lowest BCUT2D eigenvalue weighted by molar-refractivity contribution is -0.197. The van der Waals surface area contributed by atoms with Crippen molar-refractivity contribution in [3.63, 3.8) is 0 Å². The summed E-state index contributed by atoms with van der Waals surface area (Å²) in [5.41, 5.74) is 4.72. The first-order valence-corrected chi connectivity index (χ1v) is 13.5. The highest BCUT2D eigenvalue weighted by Gasteiger charge is 2.32. The van der Waals surface area contributed by atoms with Crippen LogP contribution in [0.1, 0.15) is 44.2 Å². The summed E-state index contributed by atoms with van der Waals surface area (Å²) in [7, 11) is 0. The first-order valence-electron chi connectivity index (χ1n) is 12.6. The summed E-state index contributed by atoms with van der Waals surface area (Å²) >= 11 is 1.64. The number of nitrogens with zero attached hydrogens (tertiary/aromatic N) is 4. The molecule has 2 amide bonds. The Morgan fingerprint density at radius 1 is 1.03 bits per heavy atom. The number of carbonyl (C=O) groups is 3. The Bertz CT molecular complexity index is 1530. The van der Waals surface area contributed by atoms with Crippen LogP contribution in [0.5, 0.6) is 5.75 Å². The van der Waals surface area contributed by atoms with Crippen molar-refractivity contribution in [1.82, 2.24) is 10.0 Å². The zero-order valence-corrected chi connectivity index (χ0v) is 22.7. The number of phenols is 1. The predicted octanol–water partition coefficient (Wildman–Crippen LogP) is 6.96. The molecule has 1 aromatic heterocycles. The monoisotopic (exact) mass is 544 g/mol. The molecule has 10 heteroatoms. The normalized spacial score (nSPS) is 13.2. The van der Waals surface area contributed by atoms with Crippen LogP contribution in [0.25, 0.3) is 20.8 Å². The van der Waals surface area contributed by atoms with Crippen molar-refractivity contribution < 1.29 is 24.3 Å². The lowest BCUT2D eigenvalue weighted by atomic mass is 10.1. The molecule has 3 aromatic carbocycles. The second-order valence-electron chi connectivity index (χ2n) is 8.56. The molecule has 1 fully saturated rings. The van der Waals surface area contributed by atoms with Gasteiger partial charge in [0, 0.05) is 18.4 Å². The zero-order chi connectivity index (χ0) is 27.9. The number of rotatable bonds is 7. The number of hydrogen-bond acceptors (Lipinski definition) is 9. The maximum atomic E-state index is 12.1. The lowest BCUT2D eigenvalue weighted by Gasteiger charge is -2.12. The van der Waals surface area contributed by atoms with E-state index in [9.17, 15) is 19.5 Å².